The standard InChI is InChI=1S/C6H15OSi/c1-3-6(2)4-5-7-8/h6H,3-5,8H2,1-2H3. The van der Waals surface area contributed by atoms with Crippen molar-refractivity contribution >= 4 is 10.5 Å². The second-order valence-electron chi connectivity index (χ2n) is 2.21. The summed E-state index contributed by atoms with van der Waals surface area (Å²) in [6, 6.07) is 0. The zero-order chi connectivity index (χ0) is 6.41. The SMILES string of the molecule is CCC(C)CCO[SiH2]. The molecule has 0 heterocycles. The number of hydrogen-bond acceptors (Lipinski definition) is 1. The highest BCUT2D eigenvalue weighted by Crippen LogP contribution is 2.04. The van der Waals surface area contributed by atoms with Crippen molar-refractivity contribution in [2.24, 2.45) is 5.92 Å². The van der Waals surface area contributed by atoms with E-state index in [1.54, 1.807) is 10.5 Å². The zero-order valence-corrected chi connectivity index (χ0v) is 7.23. The summed E-state index contributed by atoms with van der Waals surface area (Å²) in [7, 11) is 1.58. The lowest BCUT2D eigenvalue weighted by atomic mass is 10.1. The van der Waals surface area contributed by atoms with Gasteiger partial charge in [-0.25, -0.2) is 0 Å². The third-order valence-electron chi connectivity index (χ3n) is 1.45. The van der Waals surface area contributed by atoms with E-state index in [1.165, 1.54) is 12.8 Å². The summed E-state index contributed by atoms with van der Waals surface area (Å²) >= 11 is 0. The van der Waals surface area contributed by atoms with Crippen LogP contribution in [0.4, 0.5) is 0 Å². The van der Waals surface area contributed by atoms with Gasteiger partial charge >= 0.3 is 0 Å². The van der Waals surface area contributed by atoms with E-state index < -0.39 is 0 Å². The molecule has 1 unspecified atom stereocenters. The average Bonchev–Trinajstić information content (AvgIpc) is 1.83. The Labute approximate surface area is 55.0 Å². The molecule has 0 aliphatic heterocycles. The third-order valence-corrected chi connectivity index (χ3v) is 1.74. The van der Waals surface area contributed by atoms with Gasteiger partial charge in [0, 0.05) is 6.61 Å². The molecule has 1 radical (unpaired) electrons. The van der Waals surface area contributed by atoms with Gasteiger partial charge in [0.05, 0.1) is 0 Å². The van der Waals surface area contributed by atoms with Crippen LogP contribution in [-0.4, -0.2) is 17.1 Å². The van der Waals surface area contributed by atoms with Crippen molar-refractivity contribution in [3.63, 3.8) is 0 Å². The van der Waals surface area contributed by atoms with Gasteiger partial charge < -0.3 is 4.43 Å². The fourth-order valence-electron chi connectivity index (χ4n) is 0.489. The van der Waals surface area contributed by atoms with Crippen molar-refractivity contribution in [3.05, 3.63) is 0 Å². The Kier molecular flexibility index (Phi) is 5.43. The highest BCUT2D eigenvalue weighted by molar-refractivity contribution is 5.97. The van der Waals surface area contributed by atoms with Crippen LogP contribution in [0.25, 0.3) is 0 Å². The van der Waals surface area contributed by atoms with Crippen molar-refractivity contribution in [3.8, 4) is 0 Å². The molecule has 0 bridgehead atoms. The molecule has 1 nitrogen and oxygen atoms in total. The van der Waals surface area contributed by atoms with Crippen molar-refractivity contribution in [2.75, 3.05) is 6.61 Å². The van der Waals surface area contributed by atoms with Crippen LogP contribution in [0.5, 0.6) is 0 Å². The van der Waals surface area contributed by atoms with Gasteiger partial charge in [0.25, 0.3) is 0 Å². The van der Waals surface area contributed by atoms with Crippen LogP contribution in [-0.2, 0) is 4.43 Å². The van der Waals surface area contributed by atoms with E-state index in [2.05, 4.69) is 13.8 Å². The van der Waals surface area contributed by atoms with E-state index in [9.17, 15) is 0 Å². The second kappa shape index (κ2) is 5.32. The lowest BCUT2D eigenvalue weighted by molar-refractivity contribution is 0.305. The molecule has 0 amide bonds. The first kappa shape index (κ1) is 8.18. The van der Waals surface area contributed by atoms with Gasteiger partial charge in [-0.15, -0.1) is 0 Å². The quantitative estimate of drug-likeness (QED) is 0.517. The lowest BCUT2D eigenvalue weighted by Crippen LogP contribution is -1.98. The minimum atomic E-state index is 0.833. The van der Waals surface area contributed by atoms with Crippen LogP contribution in [0.3, 0.4) is 0 Å². The van der Waals surface area contributed by atoms with Gasteiger partial charge in [0.1, 0.15) is 0 Å². The van der Waals surface area contributed by atoms with Crippen LogP contribution in [0.1, 0.15) is 26.7 Å². The van der Waals surface area contributed by atoms with Crippen LogP contribution in [0.15, 0.2) is 0 Å². The highest BCUT2D eigenvalue weighted by atomic mass is 28.2. The van der Waals surface area contributed by atoms with Crippen LogP contribution in [0.2, 0.25) is 0 Å². The Hall–Kier alpha value is 0.177. The Morgan fingerprint density at radius 1 is 1.62 bits per heavy atom. The number of rotatable bonds is 4. The van der Waals surface area contributed by atoms with Crippen molar-refractivity contribution in [2.45, 2.75) is 26.7 Å². The molecular formula is C6H15OSi. The summed E-state index contributed by atoms with van der Waals surface area (Å²) in [5.74, 6) is 0.833. The van der Waals surface area contributed by atoms with Crippen LogP contribution < -0.4 is 0 Å². The zero-order valence-electron chi connectivity index (χ0n) is 5.81. The minimum absolute atomic E-state index is 0.833. The largest absolute Gasteiger partial charge is 0.425 e. The molecule has 0 rings (SSSR count). The Balaban J connectivity index is 2.86. The van der Waals surface area contributed by atoms with E-state index in [4.69, 9.17) is 4.43 Å². The molecule has 0 aromatic heterocycles. The molecule has 49 valence electrons. The topological polar surface area (TPSA) is 9.23 Å². The second-order valence-corrected chi connectivity index (χ2v) is 2.62. The van der Waals surface area contributed by atoms with Gasteiger partial charge in [0.2, 0.25) is 0 Å². The maximum Gasteiger partial charge on any atom is 0.174 e. The van der Waals surface area contributed by atoms with Gasteiger partial charge in [0.15, 0.2) is 10.5 Å². The van der Waals surface area contributed by atoms with Crippen molar-refractivity contribution < 1.29 is 4.43 Å². The Morgan fingerprint density at radius 2 is 2.25 bits per heavy atom. The predicted molar refractivity (Wildman–Crippen MR) is 38.6 cm³/mol. The van der Waals surface area contributed by atoms with E-state index in [0.29, 0.717) is 0 Å². The maximum absolute atomic E-state index is 4.94. The summed E-state index contributed by atoms with van der Waals surface area (Å²) in [6.07, 6.45) is 2.48. The summed E-state index contributed by atoms with van der Waals surface area (Å²) in [6.45, 7) is 5.39. The molecule has 8 heavy (non-hydrogen) atoms. The van der Waals surface area contributed by atoms with Gasteiger partial charge in [-0.3, -0.25) is 0 Å². The summed E-state index contributed by atoms with van der Waals surface area (Å²) in [5, 5.41) is 0. The third kappa shape index (κ3) is 4.34. The van der Waals surface area contributed by atoms with E-state index in [-0.39, 0.29) is 0 Å². The fraction of sp³-hybridized carbons (Fsp3) is 1.00. The Morgan fingerprint density at radius 3 is 2.62 bits per heavy atom. The van der Waals surface area contributed by atoms with E-state index in [1.807, 2.05) is 0 Å². The molecule has 0 N–H and O–H groups in total. The molecule has 0 fully saturated rings. The molecular weight excluding hydrogens is 116 g/mol. The predicted octanol–water partition coefficient (Wildman–Crippen LogP) is 0.987. The maximum atomic E-state index is 4.94. The first-order valence-corrected chi connectivity index (χ1v) is 3.76. The molecule has 0 aromatic carbocycles. The number of hydrogen-bond donors (Lipinski definition) is 0. The van der Waals surface area contributed by atoms with Gasteiger partial charge in [-0.2, -0.15) is 0 Å². The molecule has 0 aliphatic rings. The van der Waals surface area contributed by atoms with Gasteiger partial charge in [-0.05, 0) is 12.3 Å². The average molecular weight is 131 g/mol. The Bertz CT molecular complexity index is 47.8. The highest BCUT2D eigenvalue weighted by Gasteiger charge is 1.94. The van der Waals surface area contributed by atoms with Gasteiger partial charge in [-0.1, -0.05) is 20.3 Å². The molecule has 2 heteroatoms. The van der Waals surface area contributed by atoms with E-state index >= 15 is 0 Å². The molecule has 0 saturated heterocycles. The van der Waals surface area contributed by atoms with Crippen molar-refractivity contribution in [1.82, 2.24) is 0 Å². The van der Waals surface area contributed by atoms with Crippen LogP contribution >= 0.6 is 0 Å². The van der Waals surface area contributed by atoms with Crippen molar-refractivity contribution in [1.29, 1.82) is 0 Å². The summed E-state index contributed by atoms with van der Waals surface area (Å²) < 4.78 is 4.94. The molecule has 0 aliphatic carbocycles. The molecule has 0 spiro atoms. The summed E-state index contributed by atoms with van der Waals surface area (Å²) in [4.78, 5) is 0. The van der Waals surface area contributed by atoms with E-state index in [0.717, 1.165) is 12.5 Å². The smallest absolute Gasteiger partial charge is 0.174 e. The summed E-state index contributed by atoms with van der Waals surface area (Å²) in [5.41, 5.74) is 0. The molecule has 0 aromatic rings. The molecule has 0 saturated carbocycles. The normalized spacial score (nSPS) is 13.9. The minimum Gasteiger partial charge on any atom is -0.425 e. The fourth-order valence-corrected chi connectivity index (χ4v) is 0.655. The lowest BCUT2D eigenvalue weighted by Gasteiger charge is -2.05. The first-order chi connectivity index (χ1) is 3.81. The first-order valence-electron chi connectivity index (χ1n) is 3.18. The molecule has 1 atom stereocenters. The monoisotopic (exact) mass is 131 g/mol. The van der Waals surface area contributed by atoms with Crippen LogP contribution in [0, 0.1) is 5.92 Å².